The summed E-state index contributed by atoms with van der Waals surface area (Å²) < 4.78 is 0. The Labute approximate surface area is 53.4 Å². The molecule has 0 aliphatic rings. The molecule has 0 aromatic rings. The third kappa shape index (κ3) is 3.34. The molecule has 0 rings (SSSR count). The maximum absolute atomic E-state index is 10.4. The van der Waals surface area contributed by atoms with Crippen molar-refractivity contribution in [2.24, 2.45) is 0 Å². The number of ketones is 1. The average Bonchev–Trinajstić information content (AvgIpc) is 1.87. The number of allylic oxidation sites excluding steroid dienone is 1. The molecule has 0 aliphatic carbocycles. The summed E-state index contributed by atoms with van der Waals surface area (Å²) in [4.78, 5) is 10.4. The Balaban J connectivity index is 3.73. The zero-order valence-corrected chi connectivity index (χ0v) is 4.98. The van der Waals surface area contributed by atoms with Gasteiger partial charge in [-0.2, -0.15) is 0 Å². The molecule has 3 nitrogen and oxygen atoms in total. The van der Waals surface area contributed by atoms with Gasteiger partial charge in [0.2, 0.25) is 0 Å². The van der Waals surface area contributed by atoms with Gasteiger partial charge < -0.3 is 10.8 Å². The van der Waals surface area contributed by atoms with Crippen LogP contribution in [0.2, 0.25) is 0 Å². The van der Waals surface area contributed by atoms with Gasteiger partial charge in [0, 0.05) is 6.21 Å². The van der Waals surface area contributed by atoms with Crippen molar-refractivity contribution >= 4 is 17.7 Å². The number of nitrogens with one attached hydrogen (secondary N) is 2. The van der Waals surface area contributed by atoms with E-state index in [0.29, 0.717) is 0 Å². The van der Waals surface area contributed by atoms with Crippen LogP contribution in [-0.4, -0.2) is 17.7 Å². The molecule has 0 unspecified atom stereocenters. The molecule has 0 aliphatic heterocycles. The monoisotopic (exact) mass is 124 g/mol. The number of hydrogen-bond acceptors (Lipinski definition) is 3. The van der Waals surface area contributed by atoms with Crippen molar-refractivity contribution < 1.29 is 4.79 Å². The Hall–Kier alpha value is -1.25. The van der Waals surface area contributed by atoms with Gasteiger partial charge in [-0.05, 0) is 6.08 Å². The quantitative estimate of drug-likeness (QED) is 0.422. The smallest absolute Gasteiger partial charge is 0.161 e. The van der Waals surface area contributed by atoms with Gasteiger partial charge in [0.1, 0.15) is 0 Å². The predicted octanol–water partition coefficient (Wildman–Crippen LogP) is 0.801. The van der Waals surface area contributed by atoms with Crippen LogP contribution in [0.3, 0.4) is 0 Å². The minimum absolute atomic E-state index is 0.00694. The van der Waals surface area contributed by atoms with Crippen molar-refractivity contribution in [1.82, 2.24) is 0 Å². The fourth-order valence-electron chi connectivity index (χ4n) is 0.311. The van der Waals surface area contributed by atoms with Crippen LogP contribution in [0.5, 0.6) is 0 Å². The van der Waals surface area contributed by atoms with Crippen molar-refractivity contribution in [1.29, 1.82) is 10.8 Å². The summed E-state index contributed by atoms with van der Waals surface area (Å²) in [5.41, 5.74) is 0.0138. The molecule has 2 N–H and O–H groups in total. The Morgan fingerprint density at radius 3 is 2.56 bits per heavy atom. The number of rotatable bonds is 4. The summed E-state index contributed by atoms with van der Waals surface area (Å²) in [7, 11) is 0. The van der Waals surface area contributed by atoms with E-state index < -0.39 is 0 Å². The average molecular weight is 124 g/mol. The van der Waals surface area contributed by atoms with Gasteiger partial charge in [0.15, 0.2) is 5.78 Å². The minimum Gasteiger partial charge on any atom is -0.307 e. The zero-order chi connectivity index (χ0) is 7.28. The molecular weight excluding hydrogens is 116 g/mol. The molecule has 0 aromatic heterocycles. The predicted molar refractivity (Wildman–Crippen MR) is 36.3 cm³/mol. The summed E-state index contributed by atoms with van der Waals surface area (Å²) in [6.07, 6.45) is 1.99. The van der Waals surface area contributed by atoms with Crippen LogP contribution in [0.1, 0.15) is 6.42 Å². The molecule has 0 saturated heterocycles. The molecule has 9 heavy (non-hydrogen) atoms. The first-order valence-corrected chi connectivity index (χ1v) is 2.44. The van der Waals surface area contributed by atoms with Gasteiger partial charge >= 0.3 is 0 Å². The van der Waals surface area contributed by atoms with Crippen LogP contribution >= 0.6 is 0 Å². The molecule has 0 heterocycles. The fourth-order valence-corrected chi connectivity index (χ4v) is 0.311. The van der Waals surface area contributed by atoms with Gasteiger partial charge in [-0.15, -0.1) is 0 Å². The second-order valence-electron chi connectivity index (χ2n) is 1.52. The standard InChI is InChI=1S/C6H8N2O/c1-2-6(9)3-5(8)4-7/h2,4,7-8H,1,3H2. The van der Waals surface area contributed by atoms with E-state index in [2.05, 4.69) is 6.58 Å². The van der Waals surface area contributed by atoms with Gasteiger partial charge in [-0.3, -0.25) is 4.79 Å². The normalized spacial score (nSPS) is 8.00. The topological polar surface area (TPSA) is 64.8 Å². The maximum atomic E-state index is 10.4. The molecule has 3 heteroatoms. The van der Waals surface area contributed by atoms with Crippen LogP contribution in [0, 0.1) is 10.8 Å². The Morgan fingerprint density at radius 1 is 1.67 bits per heavy atom. The highest BCUT2D eigenvalue weighted by Crippen LogP contribution is 1.83. The first-order valence-electron chi connectivity index (χ1n) is 2.44. The van der Waals surface area contributed by atoms with Gasteiger partial charge in [-0.25, -0.2) is 0 Å². The van der Waals surface area contributed by atoms with Crippen LogP contribution in [-0.2, 0) is 4.79 Å². The lowest BCUT2D eigenvalue weighted by Crippen LogP contribution is -2.03. The molecule has 0 aromatic carbocycles. The summed E-state index contributed by atoms with van der Waals surface area (Å²) in [6, 6.07) is 0. The van der Waals surface area contributed by atoms with E-state index in [1.54, 1.807) is 0 Å². The lowest BCUT2D eigenvalue weighted by molar-refractivity contribution is -0.113. The molecule has 0 bridgehead atoms. The molecule has 0 amide bonds. The lowest BCUT2D eigenvalue weighted by Gasteiger charge is -1.88. The van der Waals surface area contributed by atoms with E-state index in [1.807, 2.05) is 0 Å². The fraction of sp³-hybridized carbons (Fsp3) is 0.167. The van der Waals surface area contributed by atoms with Crippen LogP contribution in [0.25, 0.3) is 0 Å². The van der Waals surface area contributed by atoms with Crippen molar-refractivity contribution in [3.8, 4) is 0 Å². The molecule has 0 spiro atoms. The Morgan fingerprint density at radius 2 is 2.22 bits per heavy atom. The summed E-state index contributed by atoms with van der Waals surface area (Å²) in [6.45, 7) is 3.23. The highest BCUT2D eigenvalue weighted by Gasteiger charge is 1.96. The van der Waals surface area contributed by atoms with Crippen LogP contribution < -0.4 is 0 Å². The summed E-state index contributed by atoms with van der Waals surface area (Å²) >= 11 is 0. The van der Waals surface area contributed by atoms with E-state index >= 15 is 0 Å². The van der Waals surface area contributed by atoms with E-state index in [9.17, 15) is 4.79 Å². The number of carbonyl (C=O) groups excluding carboxylic acids is 1. The van der Waals surface area contributed by atoms with Crippen LogP contribution in [0.15, 0.2) is 12.7 Å². The second-order valence-corrected chi connectivity index (χ2v) is 1.52. The van der Waals surface area contributed by atoms with Crippen molar-refractivity contribution in [3.05, 3.63) is 12.7 Å². The SMILES string of the molecule is C=CC(=O)CC(=N)C=N. The van der Waals surface area contributed by atoms with E-state index in [1.165, 1.54) is 0 Å². The molecule has 0 radical (unpaired) electrons. The largest absolute Gasteiger partial charge is 0.307 e. The molecule has 0 atom stereocenters. The molecule has 0 fully saturated rings. The Kier molecular flexibility index (Phi) is 3.20. The number of hydrogen-bond donors (Lipinski definition) is 2. The maximum Gasteiger partial charge on any atom is 0.161 e. The van der Waals surface area contributed by atoms with Gasteiger partial charge in [-0.1, -0.05) is 6.58 Å². The van der Waals surface area contributed by atoms with E-state index in [0.717, 1.165) is 12.3 Å². The highest BCUT2D eigenvalue weighted by atomic mass is 16.1. The minimum atomic E-state index is -0.219. The summed E-state index contributed by atoms with van der Waals surface area (Å²) in [5, 5.41) is 13.4. The third-order valence-electron chi connectivity index (χ3n) is 0.767. The van der Waals surface area contributed by atoms with Gasteiger partial charge in [0.25, 0.3) is 0 Å². The van der Waals surface area contributed by atoms with Crippen LogP contribution in [0.4, 0.5) is 0 Å². The highest BCUT2D eigenvalue weighted by molar-refractivity contribution is 6.32. The van der Waals surface area contributed by atoms with E-state index in [4.69, 9.17) is 10.8 Å². The lowest BCUT2D eigenvalue weighted by atomic mass is 10.2. The molecular formula is C6H8N2O. The van der Waals surface area contributed by atoms with E-state index in [-0.39, 0.29) is 17.9 Å². The third-order valence-corrected chi connectivity index (χ3v) is 0.767. The Bertz CT molecular complexity index is 142. The van der Waals surface area contributed by atoms with Crippen molar-refractivity contribution in [2.45, 2.75) is 6.42 Å². The molecule has 0 saturated carbocycles. The van der Waals surface area contributed by atoms with Crippen molar-refractivity contribution in [2.75, 3.05) is 0 Å². The zero-order valence-electron chi connectivity index (χ0n) is 4.98. The first-order chi connectivity index (χ1) is 4.20. The second kappa shape index (κ2) is 3.72. The van der Waals surface area contributed by atoms with Gasteiger partial charge in [0.05, 0.1) is 12.1 Å². The summed E-state index contributed by atoms with van der Waals surface area (Å²) in [5.74, 6) is -0.219. The first kappa shape index (κ1) is 7.75. The molecule has 48 valence electrons. The van der Waals surface area contributed by atoms with Crippen molar-refractivity contribution in [3.63, 3.8) is 0 Å². The number of carbonyl (C=O) groups is 1.